The van der Waals surface area contributed by atoms with E-state index in [4.69, 9.17) is 0 Å². The van der Waals surface area contributed by atoms with E-state index in [2.05, 4.69) is 15.3 Å². The Morgan fingerprint density at radius 1 is 1.10 bits per heavy atom. The van der Waals surface area contributed by atoms with E-state index in [0.29, 0.717) is 6.54 Å². The average Bonchev–Trinajstić information content (AvgIpc) is 2.45. The Balaban J connectivity index is 1.97. The van der Waals surface area contributed by atoms with Crippen molar-refractivity contribution in [3.63, 3.8) is 0 Å². The van der Waals surface area contributed by atoms with E-state index in [1.54, 1.807) is 12.4 Å². The van der Waals surface area contributed by atoms with Gasteiger partial charge in [-0.25, -0.2) is 9.97 Å². The first kappa shape index (κ1) is 14.5. The van der Waals surface area contributed by atoms with Crippen LogP contribution in [0.5, 0.6) is 0 Å². The predicted molar refractivity (Wildman–Crippen MR) is 68.7 cm³/mol. The molecule has 20 heavy (non-hydrogen) atoms. The molecule has 2 aromatic rings. The normalized spacial score (nSPS) is 13.2. The van der Waals surface area contributed by atoms with Crippen molar-refractivity contribution in [2.24, 2.45) is 0 Å². The van der Waals surface area contributed by atoms with Crippen LogP contribution in [0, 0.1) is 0 Å². The van der Waals surface area contributed by atoms with Crippen LogP contribution in [0.4, 0.5) is 13.2 Å². The lowest BCUT2D eigenvalue weighted by molar-refractivity contribution is -0.137. The third-order valence-electron chi connectivity index (χ3n) is 2.96. The highest BCUT2D eigenvalue weighted by Crippen LogP contribution is 2.29. The molecule has 1 N–H and O–H groups in total. The zero-order valence-corrected chi connectivity index (χ0v) is 10.9. The quantitative estimate of drug-likeness (QED) is 0.934. The standard InChI is InChI=1S/C14H14F3N3/c1-10(20-8-11-6-18-9-19-7-11)12-2-4-13(5-3-12)14(15,16)17/h2-7,9-10,20H,8H2,1H3/t10-/m1/s1. The number of hydrogen-bond donors (Lipinski definition) is 1. The molecule has 0 bridgehead atoms. The molecule has 0 fully saturated rings. The molecule has 3 nitrogen and oxygen atoms in total. The van der Waals surface area contributed by atoms with Crippen molar-refractivity contribution in [3.8, 4) is 0 Å². The second kappa shape index (κ2) is 6.00. The smallest absolute Gasteiger partial charge is 0.306 e. The second-order valence-corrected chi connectivity index (χ2v) is 4.47. The van der Waals surface area contributed by atoms with Gasteiger partial charge in [0.25, 0.3) is 0 Å². The van der Waals surface area contributed by atoms with Crippen molar-refractivity contribution >= 4 is 0 Å². The maximum absolute atomic E-state index is 12.5. The monoisotopic (exact) mass is 281 g/mol. The van der Waals surface area contributed by atoms with Gasteiger partial charge >= 0.3 is 6.18 Å². The topological polar surface area (TPSA) is 37.8 Å². The number of halogens is 3. The summed E-state index contributed by atoms with van der Waals surface area (Å²) in [4.78, 5) is 7.80. The van der Waals surface area contributed by atoms with E-state index in [1.807, 2.05) is 6.92 Å². The lowest BCUT2D eigenvalue weighted by atomic mass is 10.1. The Hall–Kier alpha value is -1.95. The van der Waals surface area contributed by atoms with Gasteiger partial charge in [0, 0.05) is 30.5 Å². The highest BCUT2D eigenvalue weighted by molar-refractivity contribution is 5.26. The predicted octanol–water partition coefficient (Wildman–Crippen LogP) is 3.35. The van der Waals surface area contributed by atoms with Gasteiger partial charge in [0.05, 0.1) is 5.56 Å². The third kappa shape index (κ3) is 3.77. The van der Waals surface area contributed by atoms with Gasteiger partial charge in [-0.3, -0.25) is 0 Å². The fourth-order valence-electron chi connectivity index (χ4n) is 1.77. The number of aromatic nitrogens is 2. The minimum atomic E-state index is -4.30. The number of nitrogens with zero attached hydrogens (tertiary/aromatic N) is 2. The zero-order chi connectivity index (χ0) is 14.6. The first-order valence-corrected chi connectivity index (χ1v) is 6.11. The van der Waals surface area contributed by atoms with Crippen molar-refractivity contribution in [1.82, 2.24) is 15.3 Å². The van der Waals surface area contributed by atoms with E-state index in [9.17, 15) is 13.2 Å². The summed E-state index contributed by atoms with van der Waals surface area (Å²) >= 11 is 0. The summed E-state index contributed by atoms with van der Waals surface area (Å²) in [7, 11) is 0. The molecule has 0 aliphatic heterocycles. The van der Waals surface area contributed by atoms with Crippen LogP contribution in [0.15, 0.2) is 43.0 Å². The minimum absolute atomic E-state index is 0.0579. The molecule has 0 aliphatic rings. The fraction of sp³-hybridized carbons (Fsp3) is 0.286. The van der Waals surface area contributed by atoms with Gasteiger partial charge in [0.15, 0.2) is 0 Å². The molecular formula is C14H14F3N3. The molecule has 0 saturated carbocycles. The summed E-state index contributed by atoms with van der Waals surface area (Å²) in [6.07, 6.45) is 0.540. The Morgan fingerprint density at radius 2 is 1.70 bits per heavy atom. The van der Waals surface area contributed by atoms with Gasteiger partial charge < -0.3 is 5.32 Å². The summed E-state index contributed by atoms with van der Waals surface area (Å²) in [5.74, 6) is 0. The molecule has 0 unspecified atom stereocenters. The summed E-state index contributed by atoms with van der Waals surface area (Å²) in [5, 5.41) is 3.21. The first-order chi connectivity index (χ1) is 9.47. The highest BCUT2D eigenvalue weighted by atomic mass is 19.4. The van der Waals surface area contributed by atoms with E-state index in [1.165, 1.54) is 18.5 Å². The summed E-state index contributed by atoms with van der Waals surface area (Å²) in [6.45, 7) is 2.45. The molecule has 1 atom stereocenters. The molecule has 106 valence electrons. The van der Waals surface area contributed by atoms with E-state index < -0.39 is 11.7 Å². The highest BCUT2D eigenvalue weighted by Gasteiger charge is 2.30. The second-order valence-electron chi connectivity index (χ2n) is 4.47. The van der Waals surface area contributed by atoms with Crippen molar-refractivity contribution in [3.05, 3.63) is 59.7 Å². The Morgan fingerprint density at radius 3 is 2.25 bits per heavy atom. The van der Waals surface area contributed by atoms with Crippen LogP contribution in [0.2, 0.25) is 0 Å². The summed E-state index contributed by atoms with van der Waals surface area (Å²) in [6, 6.07) is 5.11. The minimum Gasteiger partial charge on any atom is -0.306 e. The SMILES string of the molecule is C[C@@H](NCc1cncnc1)c1ccc(C(F)(F)F)cc1. The van der Waals surface area contributed by atoms with Crippen molar-refractivity contribution in [2.75, 3.05) is 0 Å². The molecular weight excluding hydrogens is 267 g/mol. The van der Waals surface area contributed by atoms with E-state index in [0.717, 1.165) is 23.3 Å². The molecule has 1 aromatic heterocycles. The number of benzene rings is 1. The maximum Gasteiger partial charge on any atom is 0.416 e. The molecule has 1 aromatic carbocycles. The average molecular weight is 281 g/mol. The van der Waals surface area contributed by atoms with Crippen LogP contribution in [-0.2, 0) is 12.7 Å². The number of hydrogen-bond acceptors (Lipinski definition) is 3. The number of alkyl halides is 3. The molecule has 0 aliphatic carbocycles. The summed E-state index contributed by atoms with van der Waals surface area (Å²) < 4.78 is 37.4. The fourth-order valence-corrected chi connectivity index (χ4v) is 1.77. The van der Waals surface area contributed by atoms with E-state index in [-0.39, 0.29) is 6.04 Å². The molecule has 0 spiro atoms. The Bertz CT molecular complexity index is 538. The molecule has 0 amide bonds. The van der Waals surface area contributed by atoms with Crippen LogP contribution >= 0.6 is 0 Å². The van der Waals surface area contributed by atoms with E-state index >= 15 is 0 Å². The molecule has 0 radical (unpaired) electrons. The third-order valence-corrected chi connectivity index (χ3v) is 2.96. The largest absolute Gasteiger partial charge is 0.416 e. The van der Waals surface area contributed by atoms with Crippen molar-refractivity contribution < 1.29 is 13.2 Å². The van der Waals surface area contributed by atoms with Crippen LogP contribution < -0.4 is 5.32 Å². The van der Waals surface area contributed by atoms with Gasteiger partial charge in [-0.15, -0.1) is 0 Å². The van der Waals surface area contributed by atoms with Gasteiger partial charge in [0.1, 0.15) is 6.33 Å². The lowest BCUT2D eigenvalue weighted by Gasteiger charge is -2.15. The van der Waals surface area contributed by atoms with Gasteiger partial charge in [-0.1, -0.05) is 12.1 Å². The molecule has 2 rings (SSSR count). The van der Waals surface area contributed by atoms with Gasteiger partial charge in [-0.05, 0) is 24.6 Å². The van der Waals surface area contributed by atoms with Crippen molar-refractivity contribution in [2.45, 2.75) is 25.7 Å². The molecule has 1 heterocycles. The number of rotatable bonds is 4. The Kier molecular flexibility index (Phi) is 4.34. The Labute approximate surface area is 114 Å². The lowest BCUT2D eigenvalue weighted by Crippen LogP contribution is -2.18. The van der Waals surface area contributed by atoms with Crippen LogP contribution in [0.25, 0.3) is 0 Å². The van der Waals surface area contributed by atoms with Crippen molar-refractivity contribution in [1.29, 1.82) is 0 Å². The maximum atomic E-state index is 12.5. The van der Waals surface area contributed by atoms with Crippen LogP contribution in [-0.4, -0.2) is 9.97 Å². The van der Waals surface area contributed by atoms with Gasteiger partial charge in [-0.2, -0.15) is 13.2 Å². The zero-order valence-electron chi connectivity index (χ0n) is 10.9. The van der Waals surface area contributed by atoms with Gasteiger partial charge in [0.2, 0.25) is 0 Å². The van der Waals surface area contributed by atoms with Crippen LogP contribution in [0.1, 0.15) is 29.7 Å². The molecule has 6 heteroatoms. The summed E-state index contributed by atoms with van der Waals surface area (Å²) in [5.41, 5.74) is 1.09. The van der Waals surface area contributed by atoms with Crippen LogP contribution in [0.3, 0.4) is 0 Å². The first-order valence-electron chi connectivity index (χ1n) is 6.11. The number of nitrogens with one attached hydrogen (secondary N) is 1. The molecule has 0 saturated heterocycles.